The van der Waals surface area contributed by atoms with Crippen LogP contribution in [0.2, 0.25) is 5.02 Å². The number of aromatic nitrogens is 1. The fraction of sp³-hybridized carbons (Fsp3) is 0.333. The van der Waals surface area contributed by atoms with Gasteiger partial charge in [-0.05, 0) is 13.0 Å². The molecule has 0 saturated heterocycles. The van der Waals surface area contributed by atoms with E-state index in [4.69, 9.17) is 16.3 Å². The van der Waals surface area contributed by atoms with Gasteiger partial charge in [-0.25, -0.2) is 0 Å². The van der Waals surface area contributed by atoms with Crippen molar-refractivity contribution in [1.29, 1.82) is 0 Å². The summed E-state index contributed by atoms with van der Waals surface area (Å²) in [6, 6.07) is 2.97. The van der Waals surface area contributed by atoms with Crippen LogP contribution in [-0.2, 0) is 16.1 Å². The number of aryl methyl sites for hydroxylation is 1. The Hall–Kier alpha value is -1.53. The van der Waals surface area contributed by atoms with E-state index in [0.717, 1.165) is 11.3 Å². The predicted molar refractivity (Wildman–Crippen MR) is 74.0 cm³/mol. The third kappa shape index (κ3) is 2.90. The van der Waals surface area contributed by atoms with Gasteiger partial charge in [0.1, 0.15) is 5.75 Å². The molecule has 102 valence electrons. The van der Waals surface area contributed by atoms with E-state index in [1.165, 1.54) is 16.7 Å². The largest absolute Gasteiger partial charge is 0.506 e. The van der Waals surface area contributed by atoms with Crippen molar-refractivity contribution in [2.75, 3.05) is 6.61 Å². The molecule has 0 radical (unpaired) electrons. The first kappa shape index (κ1) is 13.9. The van der Waals surface area contributed by atoms with Gasteiger partial charge in [-0.1, -0.05) is 22.9 Å². The first-order chi connectivity index (χ1) is 9.02. The Kier molecular flexibility index (Phi) is 4.11. The average molecular weight is 302 g/mol. The van der Waals surface area contributed by atoms with Crippen LogP contribution in [0.4, 0.5) is 0 Å². The fourth-order valence-corrected chi connectivity index (χ4v) is 2.81. The Morgan fingerprint density at radius 2 is 2.26 bits per heavy atom. The lowest BCUT2D eigenvalue weighted by atomic mass is 10.3. The number of phenols is 1. The molecule has 0 unspecified atom stereocenters. The van der Waals surface area contributed by atoms with E-state index in [1.807, 2.05) is 0 Å². The van der Waals surface area contributed by atoms with Crippen LogP contribution >= 0.6 is 22.9 Å². The Labute approximate surface area is 118 Å². The molecule has 0 aliphatic rings. The fourth-order valence-electron chi connectivity index (χ4n) is 1.72. The molecule has 1 aromatic heterocycles. The lowest BCUT2D eigenvalue weighted by Crippen LogP contribution is -2.16. The molecule has 7 heteroatoms. The zero-order chi connectivity index (χ0) is 14.0. The summed E-state index contributed by atoms with van der Waals surface area (Å²) in [6.07, 6.45) is 0.123. The molecule has 0 saturated carbocycles. The highest BCUT2D eigenvalue weighted by molar-refractivity contribution is 7.16. The molecule has 5 nitrogen and oxygen atoms in total. The second-order valence-electron chi connectivity index (χ2n) is 3.85. The molecular formula is C12H12ClNO4S. The summed E-state index contributed by atoms with van der Waals surface area (Å²) in [5.41, 5.74) is 0.613. The van der Waals surface area contributed by atoms with Gasteiger partial charge in [0.2, 0.25) is 0 Å². The molecule has 1 aromatic carbocycles. The zero-order valence-electron chi connectivity index (χ0n) is 10.2. The molecule has 2 rings (SSSR count). The van der Waals surface area contributed by atoms with E-state index < -0.39 is 0 Å². The van der Waals surface area contributed by atoms with E-state index in [0.29, 0.717) is 16.8 Å². The summed E-state index contributed by atoms with van der Waals surface area (Å²) >= 11 is 6.83. The van der Waals surface area contributed by atoms with Gasteiger partial charge >= 0.3 is 10.8 Å². The molecule has 2 aromatic rings. The van der Waals surface area contributed by atoms with E-state index in [2.05, 4.69) is 0 Å². The molecule has 1 heterocycles. The molecular weight excluding hydrogens is 290 g/mol. The number of benzene rings is 1. The smallest absolute Gasteiger partial charge is 0.308 e. The van der Waals surface area contributed by atoms with Crippen LogP contribution in [0, 0.1) is 0 Å². The van der Waals surface area contributed by atoms with Crippen molar-refractivity contribution in [3.05, 3.63) is 26.8 Å². The minimum absolute atomic E-state index is 0.0621. The maximum atomic E-state index is 11.8. The van der Waals surface area contributed by atoms with E-state index in [-0.39, 0.29) is 34.6 Å². The Balaban J connectivity index is 2.32. The molecule has 0 amide bonds. The molecule has 0 bridgehead atoms. The number of thiazole rings is 1. The van der Waals surface area contributed by atoms with Gasteiger partial charge in [0.15, 0.2) is 0 Å². The number of phenolic OH excluding ortho intramolecular Hbond substituents is 1. The van der Waals surface area contributed by atoms with Crippen LogP contribution in [-0.4, -0.2) is 22.2 Å². The van der Waals surface area contributed by atoms with Gasteiger partial charge in [-0.2, -0.15) is 0 Å². The number of hydrogen-bond acceptors (Lipinski definition) is 5. The monoisotopic (exact) mass is 301 g/mol. The number of carbonyl (C=O) groups is 1. The molecule has 0 aliphatic heterocycles. The van der Waals surface area contributed by atoms with E-state index >= 15 is 0 Å². The van der Waals surface area contributed by atoms with Gasteiger partial charge < -0.3 is 9.84 Å². The quantitative estimate of drug-likeness (QED) is 0.880. The van der Waals surface area contributed by atoms with Crippen molar-refractivity contribution in [3.63, 3.8) is 0 Å². The number of aromatic hydroxyl groups is 1. The Bertz CT molecular complexity index is 676. The highest BCUT2D eigenvalue weighted by Crippen LogP contribution is 2.30. The molecule has 0 atom stereocenters. The SMILES string of the molecule is CCOC(=O)CCn1c(=O)sc2cc(O)c(Cl)cc21. The first-order valence-electron chi connectivity index (χ1n) is 5.70. The van der Waals surface area contributed by atoms with Crippen molar-refractivity contribution in [2.45, 2.75) is 19.9 Å². The molecule has 0 spiro atoms. The van der Waals surface area contributed by atoms with Gasteiger partial charge in [0, 0.05) is 12.6 Å². The van der Waals surface area contributed by atoms with Gasteiger partial charge in [-0.3, -0.25) is 14.2 Å². The number of carbonyl (C=O) groups excluding carboxylic acids is 1. The Morgan fingerprint density at radius 3 is 2.95 bits per heavy atom. The topological polar surface area (TPSA) is 68.5 Å². The second-order valence-corrected chi connectivity index (χ2v) is 5.25. The minimum Gasteiger partial charge on any atom is -0.506 e. The van der Waals surface area contributed by atoms with Crippen LogP contribution in [0.25, 0.3) is 10.2 Å². The molecule has 1 N–H and O–H groups in total. The summed E-state index contributed by atoms with van der Waals surface area (Å²) in [5.74, 6) is -0.411. The van der Waals surface area contributed by atoms with Crippen molar-refractivity contribution >= 4 is 39.1 Å². The van der Waals surface area contributed by atoms with Crippen LogP contribution in [0.5, 0.6) is 5.75 Å². The minimum atomic E-state index is -0.348. The second kappa shape index (κ2) is 5.63. The van der Waals surface area contributed by atoms with Crippen molar-refractivity contribution in [1.82, 2.24) is 4.57 Å². The van der Waals surface area contributed by atoms with E-state index in [1.54, 1.807) is 6.92 Å². The number of nitrogens with zero attached hydrogens (tertiary/aromatic N) is 1. The summed E-state index contributed by atoms with van der Waals surface area (Å²) in [4.78, 5) is 22.9. The normalized spacial score (nSPS) is 10.8. The summed E-state index contributed by atoms with van der Waals surface area (Å²) in [5, 5.41) is 9.67. The average Bonchev–Trinajstić information content (AvgIpc) is 2.63. The van der Waals surface area contributed by atoms with Crippen LogP contribution < -0.4 is 4.87 Å². The van der Waals surface area contributed by atoms with Crippen LogP contribution in [0.15, 0.2) is 16.9 Å². The Morgan fingerprint density at radius 1 is 1.53 bits per heavy atom. The number of fused-ring (bicyclic) bond motifs is 1. The highest BCUT2D eigenvalue weighted by Gasteiger charge is 2.12. The first-order valence-corrected chi connectivity index (χ1v) is 6.90. The van der Waals surface area contributed by atoms with Crippen LogP contribution in [0.1, 0.15) is 13.3 Å². The third-order valence-electron chi connectivity index (χ3n) is 2.58. The van der Waals surface area contributed by atoms with Gasteiger partial charge in [0.25, 0.3) is 0 Å². The number of rotatable bonds is 4. The van der Waals surface area contributed by atoms with Gasteiger partial charge in [-0.15, -0.1) is 0 Å². The zero-order valence-corrected chi connectivity index (χ0v) is 11.8. The molecule has 19 heavy (non-hydrogen) atoms. The van der Waals surface area contributed by atoms with Crippen molar-refractivity contribution in [2.24, 2.45) is 0 Å². The lowest BCUT2D eigenvalue weighted by molar-refractivity contribution is -0.143. The summed E-state index contributed by atoms with van der Waals surface area (Å²) in [6.45, 7) is 2.28. The molecule has 0 fully saturated rings. The maximum Gasteiger partial charge on any atom is 0.308 e. The number of esters is 1. The van der Waals surface area contributed by atoms with Crippen LogP contribution in [0.3, 0.4) is 0 Å². The third-order valence-corrected chi connectivity index (χ3v) is 3.83. The van der Waals surface area contributed by atoms with Crippen molar-refractivity contribution in [3.8, 4) is 5.75 Å². The lowest BCUT2D eigenvalue weighted by Gasteiger charge is -2.04. The number of hydrogen-bond donors (Lipinski definition) is 1. The maximum absolute atomic E-state index is 11.8. The summed E-state index contributed by atoms with van der Waals surface area (Å²) in [7, 11) is 0. The molecule has 0 aliphatic carbocycles. The van der Waals surface area contributed by atoms with Crippen molar-refractivity contribution < 1.29 is 14.6 Å². The highest BCUT2D eigenvalue weighted by atomic mass is 35.5. The number of ether oxygens (including phenoxy) is 1. The number of halogens is 1. The summed E-state index contributed by atoms with van der Waals surface area (Å²) < 4.78 is 6.91. The van der Waals surface area contributed by atoms with Gasteiger partial charge in [0.05, 0.1) is 28.3 Å². The standard InChI is InChI=1S/C12H12ClNO4S/c1-2-18-11(16)3-4-14-8-5-7(13)9(15)6-10(8)19-12(14)17/h5-6,15H,2-4H2,1H3. The predicted octanol–water partition coefficient (Wildman–Crippen LogP) is 2.38. The van der Waals surface area contributed by atoms with E-state index in [9.17, 15) is 14.7 Å².